The van der Waals surface area contributed by atoms with E-state index in [1.54, 1.807) is 17.3 Å². The molecule has 1 aromatic rings. The number of amides is 3. The standard InChI is InChI=1S/C19H27N5O4/c1-19(2,3)28-18(27)24-8-6-12(7-9-24)16-20-10-13(11-21-16)22-14-4-5-15(25)23-17(14)26/h10-12,14,22H,4-9H2,1-3H3,(H,23,25,26)/t14-/m0/s1. The van der Waals surface area contributed by atoms with E-state index >= 15 is 0 Å². The second-order valence-electron chi connectivity index (χ2n) is 8.22. The van der Waals surface area contributed by atoms with Crippen LogP contribution in [0.3, 0.4) is 0 Å². The molecule has 2 N–H and O–H groups in total. The van der Waals surface area contributed by atoms with Crippen LogP contribution in [0.5, 0.6) is 0 Å². The fourth-order valence-corrected chi connectivity index (χ4v) is 3.30. The molecule has 0 aromatic carbocycles. The van der Waals surface area contributed by atoms with Crippen molar-refractivity contribution in [2.45, 2.75) is 64.0 Å². The molecule has 3 rings (SSSR count). The van der Waals surface area contributed by atoms with Crippen LogP contribution in [-0.4, -0.2) is 57.5 Å². The summed E-state index contributed by atoms with van der Waals surface area (Å²) in [6, 6.07) is -0.454. The summed E-state index contributed by atoms with van der Waals surface area (Å²) in [6.07, 6.45) is 5.36. The number of nitrogens with zero attached hydrogens (tertiary/aromatic N) is 3. The van der Waals surface area contributed by atoms with Gasteiger partial charge in [-0.1, -0.05) is 0 Å². The van der Waals surface area contributed by atoms with Gasteiger partial charge < -0.3 is 15.0 Å². The van der Waals surface area contributed by atoms with Crippen molar-refractivity contribution in [3.8, 4) is 0 Å². The topological polar surface area (TPSA) is 114 Å². The zero-order valence-corrected chi connectivity index (χ0v) is 16.5. The highest BCUT2D eigenvalue weighted by Crippen LogP contribution is 2.27. The van der Waals surface area contributed by atoms with Crippen LogP contribution in [0.15, 0.2) is 12.4 Å². The predicted molar refractivity (Wildman–Crippen MR) is 102 cm³/mol. The number of anilines is 1. The van der Waals surface area contributed by atoms with Gasteiger partial charge in [-0.25, -0.2) is 14.8 Å². The highest BCUT2D eigenvalue weighted by atomic mass is 16.6. The van der Waals surface area contributed by atoms with Gasteiger partial charge in [0, 0.05) is 25.4 Å². The number of piperidine rings is 2. The summed E-state index contributed by atoms with van der Waals surface area (Å²) in [5, 5.41) is 5.38. The van der Waals surface area contributed by atoms with Gasteiger partial charge in [-0.3, -0.25) is 14.9 Å². The number of ether oxygens (including phenoxy) is 1. The van der Waals surface area contributed by atoms with Crippen LogP contribution in [0.1, 0.15) is 58.2 Å². The van der Waals surface area contributed by atoms with Crippen LogP contribution in [-0.2, 0) is 14.3 Å². The minimum atomic E-state index is -0.498. The van der Waals surface area contributed by atoms with Crippen molar-refractivity contribution in [3.63, 3.8) is 0 Å². The second kappa shape index (κ2) is 8.12. The maximum atomic E-state index is 12.1. The second-order valence-corrected chi connectivity index (χ2v) is 8.22. The van der Waals surface area contributed by atoms with Crippen LogP contribution >= 0.6 is 0 Å². The summed E-state index contributed by atoms with van der Waals surface area (Å²) in [7, 11) is 0. The summed E-state index contributed by atoms with van der Waals surface area (Å²) in [4.78, 5) is 45.8. The smallest absolute Gasteiger partial charge is 0.410 e. The van der Waals surface area contributed by atoms with E-state index in [0.717, 1.165) is 18.7 Å². The van der Waals surface area contributed by atoms with Gasteiger partial charge in [-0.2, -0.15) is 0 Å². The molecule has 2 fully saturated rings. The molecule has 3 heterocycles. The van der Waals surface area contributed by atoms with Crippen LogP contribution in [0.4, 0.5) is 10.5 Å². The highest BCUT2D eigenvalue weighted by molar-refractivity contribution is 6.01. The average molecular weight is 389 g/mol. The van der Waals surface area contributed by atoms with E-state index in [9.17, 15) is 14.4 Å². The summed E-state index contributed by atoms with van der Waals surface area (Å²) in [5.74, 6) is 0.350. The molecular weight excluding hydrogens is 362 g/mol. The molecule has 2 aliphatic heterocycles. The Labute approximate surface area is 164 Å². The maximum Gasteiger partial charge on any atom is 0.410 e. The zero-order valence-electron chi connectivity index (χ0n) is 16.5. The van der Waals surface area contributed by atoms with Crippen molar-refractivity contribution >= 4 is 23.6 Å². The molecule has 0 bridgehead atoms. The number of rotatable bonds is 3. The van der Waals surface area contributed by atoms with Crippen LogP contribution < -0.4 is 10.6 Å². The van der Waals surface area contributed by atoms with Gasteiger partial charge >= 0.3 is 6.09 Å². The molecule has 0 radical (unpaired) electrons. The number of likely N-dealkylation sites (tertiary alicyclic amines) is 1. The van der Waals surface area contributed by atoms with E-state index in [4.69, 9.17) is 4.74 Å². The number of hydrogen-bond acceptors (Lipinski definition) is 7. The van der Waals surface area contributed by atoms with E-state index in [0.29, 0.717) is 31.6 Å². The third kappa shape index (κ3) is 5.17. The first kappa shape index (κ1) is 20.0. The number of hydrogen-bond donors (Lipinski definition) is 2. The third-order valence-corrected chi connectivity index (χ3v) is 4.76. The van der Waals surface area contributed by atoms with Crippen LogP contribution in [0.2, 0.25) is 0 Å². The van der Waals surface area contributed by atoms with Crippen molar-refractivity contribution in [2.24, 2.45) is 0 Å². The number of carbonyl (C=O) groups excluding carboxylic acids is 3. The Morgan fingerprint density at radius 1 is 1.18 bits per heavy atom. The van der Waals surface area contributed by atoms with E-state index < -0.39 is 11.6 Å². The predicted octanol–water partition coefficient (Wildman–Crippen LogP) is 1.81. The lowest BCUT2D eigenvalue weighted by Gasteiger charge is -2.32. The molecule has 9 heteroatoms. The molecule has 3 amide bonds. The molecule has 9 nitrogen and oxygen atoms in total. The van der Waals surface area contributed by atoms with Crippen molar-refractivity contribution in [2.75, 3.05) is 18.4 Å². The van der Waals surface area contributed by atoms with Crippen LogP contribution in [0, 0.1) is 0 Å². The monoisotopic (exact) mass is 389 g/mol. The van der Waals surface area contributed by atoms with Crippen molar-refractivity contribution in [3.05, 3.63) is 18.2 Å². The van der Waals surface area contributed by atoms with Gasteiger partial charge in [0.25, 0.3) is 0 Å². The highest BCUT2D eigenvalue weighted by Gasteiger charge is 2.29. The normalized spacial score (nSPS) is 21.2. The van der Waals surface area contributed by atoms with Crippen molar-refractivity contribution in [1.29, 1.82) is 0 Å². The lowest BCUT2D eigenvalue weighted by molar-refractivity contribution is -0.133. The van der Waals surface area contributed by atoms with Crippen molar-refractivity contribution in [1.82, 2.24) is 20.2 Å². The van der Waals surface area contributed by atoms with E-state index in [2.05, 4.69) is 20.6 Å². The molecule has 0 unspecified atom stereocenters. The molecule has 0 saturated carbocycles. The number of imide groups is 1. The van der Waals surface area contributed by atoms with E-state index in [-0.39, 0.29) is 23.8 Å². The summed E-state index contributed by atoms with van der Waals surface area (Å²) >= 11 is 0. The number of nitrogens with one attached hydrogen (secondary N) is 2. The van der Waals surface area contributed by atoms with E-state index in [1.807, 2.05) is 20.8 Å². The number of carbonyl (C=O) groups is 3. The Morgan fingerprint density at radius 3 is 2.39 bits per heavy atom. The molecule has 152 valence electrons. The van der Waals surface area contributed by atoms with Gasteiger partial charge in [-0.15, -0.1) is 0 Å². The molecule has 1 atom stereocenters. The fourth-order valence-electron chi connectivity index (χ4n) is 3.30. The largest absolute Gasteiger partial charge is 0.444 e. The summed E-state index contributed by atoms with van der Waals surface area (Å²) in [5.41, 5.74) is 0.145. The SMILES string of the molecule is CC(C)(C)OC(=O)N1CCC(c2ncc(N[C@H]3CCC(=O)NC3=O)cn2)CC1. The Morgan fingerprint density at radius 2 is 1.82 bits per heavy atom. The zero-order chi connectivity index (χ0) is 20.3. The van der Waals surface area contributed by atoms with E-state index in [1.165, 1.54) is 0 Å². The molecule has 2 aliphatic rings. The Hall–Kier alpha value is -2.71. The summed E-state index contributed by atoms with van der Waals surface area (Å²) < 4.78 is 5.42. The first-order valence-corrected chi connectivity index (χ1v) is 9.61. The number of aromatic nitrogens is 2. The lowest BCUT2D eigenvalue weighted by Crippen LogP contribution is -2.47. The average Bonchev–Trinajstić information content (AvgIpc) is 2.63. The molecular formula is C19H27N5O4. The molecule has 2 saturated heterocycles. The van der Waals surface area contributed by atoms with Gasteiger partial charge in [0.15, 0.2) is 0 Å². The van der Waals surface area contributed by atoms with Gasteiger partial charge in [0.05, 0.1) is 18.1 Å². The fraction of sp³-hybridized carbons (Fsp3) is 0.632. The lowest BCUT2D eigenvalue weighted by atomic mass is 9.96. The Kier molecular flexibility index (Phi) is 5.81. The third-order valence-electron chi connectivity index (χ3n) is 4.76. The van der Waals surface area contributed by atoms with Crippen LogP contribution in [0.25, 0.3) is 0 Å². The molecule has 0 aliphatic carbocycles. The van der Waals surface area contributed by atoms with Gasteiger partial charge in [0.1, 0.15) is 17.5 Å². The first-order valence-electron chi connectivity index (χ1n) is 9.61. The Balaban J connectivity index is 1.51. The first-order chi connectivity index (χ1) is 13.2. The molecule has 28 heavy (non-hydrogen) atoms. The Bertz CT molecular complexity index is 736. The summed E-state index contributed by atoms with van der Waals surface area (Å²) in [6.45, 7) is 6.79. The molecule has 0 spiro atoms. The minimum Gasteiger partial charge on any atom is -0.444 e. The molecule has 1 aromatic heterocycles. The quantitative estimate of drug-likeness (QED) is 0.758. The van der Waals surface area contributed by atoms with Gasteiger partial charge in [0.2, 0.25) is 11.8 Å². The van der Waals surface area contributed by atoms with Gasteiger partial charge in [-0.05, 0) is 40.0 Å². The van der Waals surface area contributed by atoms with Crippen molar-refractivity contribution < 1.29 is 19.1 Å². The maximum absolute atomic E-state index is 12.1. The minimum absolute atomic E-state index is 0.184.